The van der Waals surface area contributed by atoms with Gasteiger partial charge in [0.2, 0.25) is 50.8 Å². The maximum Gasteiger partial charge on any atom is 0.230 e. The summed E-state index contributed by atoms with van der Waals surface area (Å²) in [4.78, 5) is 107. The number of nitrogens with one attached hydrogen (secondary N) is 4. The lowest BCUT2D eigenvalue weighted by atomic mass is 9.74. The normalized spacial score (nSPS) is 15.1. The number of carbonyl (C=O) groups is 8. The number of amides is 4. The zero-order valence-corrected chi connectivity index (χ0v) is 77.4. The Morgan fingerprint density at radius 2 is 0.470 bits per heavy atom. The van der Waals surface area contributed by atoms with Crippen LogP contribution in [0.25, 0.3) is 0 Å². The van der Waals surface area contributed by atoms with E-state index in [-0.39, 0.29) is 103 Å². The molecule has 24 heteroatoms. The van der Waals surface area contributed by atoms with E-state index in [0.29, 0.717) is 243 Å². The van der Waals surface area contributed by atoms with Crippen LogP contribution in [-0.4, -0.2) is 102 Å². The van der Waals surface area contributed by atoms with Crippen molar-refractivity contribution in [3.05, 3.63) is 210 Å². The van der Waals surface area contributed by atoms with Crippen LogP contribution in [0.4, 0.5) is 0 Å². The molecule has 24 nitrogen and oxygen atoms in total. The lowest BCUT2D eigenvalue weighted by molar-refractivity contribution is -0.122. The molecule has 13 rings (SSSR count). The first-order valence-corrected chi connectivity index (χ1v) is 48.5. The van der Waals surface area contributed by atoms with Crippen LogP contribution >= 0.6 is 0 Å². The largest absolute Gasteiger partial charge is 0.493 e. The number of unbranched alkanes of at least 4 members (excludes halogenated alkanes) is 16. The molecule has 4 aliphatic heterocycles. The van der Waals surface area contributed by atoms with Gasteiger partial charge in [0.15, 0.2) is 25.1 Å². The standard InChI is InChI=1S/C108H132N4O20/c1-5-9-17-41-77-81-57-83-78(42-18-10-6-2)85-59-87-80(44-20-12-8-4)88-60-86-79(43-19-11-7-3)84-58-82(77)102-90(62-110-98(118)50-22-14-34-54-122-94-46-30-26-38-74(94)66-114)104(84)128-71-130-106(86)92(64-112-100(120)52-24-16-36-56-124-96-48-32-28-40-76(96)68-116)108(88)132-72-131-107(87)91(63-111-99(119)51-23-15-35-55-123-95-47-31-27-39-75(95)67-115)105(85)129-70-127-103(83)89(101(81)125-69-126-102)61-109-97(117)49-21-13-33-53-121-93-45-29-25-37-73(93)65-113/h25-32,37-40,45-48,57-60,65-68,77-80H,5-24,33-36,41-44,49-56,61-64,69-72H2,1-4H3,(H,109,117)(H,110,118)(H,111,119)(H,112,120). The van der Waals surface area contributed by atoms with Crippen molar-refractivity contribution in [3.63, 3.8) is 0 Å². The molecular weight excluding hydrogens is 1670 g/mol. The highest BCUT2D eigenvalue weighted by atomic mass is 16.7. The lowest BCUT2D eigenvalue weighted by Gasteiger charge is -2.38. The zero-order chi connectivity index (χ0) is 92.2. The van der Waals surface area contributed by atoms with Gasteiger partial charge in [0, 0.05) is 93.9 Å². The van der Waals surface area contributed by atoms with Gasteiger partial charge in [-0.15, -0.1) is 0 Å². The third kappa shape index (κ3) is 25.4. The van der Waals surface area contributed by atoms with E-state index in [2.05, 4.69) is 73.2 Å². The van der Waals surface area contributed by atoms with Crippen LogP contribution in [0.15, 0.2) is 121 Å². The summed E-state index contributed by atoms with van der Waals surface area (Å²) < 4.78 is 82.5. The van der Waals surface area contributed by atoms with Crippen LogP contribution in [-0.2, 0) is 45.4 Å². The molecule has 4 amide bonds. The first kappa shape index (κ1) is 97.4. The number of para-hydroxylation sites is 4. The number of carbonyl (C=O) groups excluding carboxylic acids is 8. The minimum atomic E-state index is -0.480. The quantitative estimate of drug-likeness (QED) is 0.0203. The Bertz CT molecular complexity index is 4460. The average Bonchev–Trinajstić information content (AvgIpc) is 0.718. The van der Waals surface area contributed by atoms with E-state index in [1.807, 2.05) is 24.3 Å². The van der Waals surface area contributed by atoms with Crippen LogP contribution in [0.5, 0.6) is 69.0 Å². The Hall–Kier alpha value is -12.1. The Balaban J connectivity index is 0.978. The van der Waals surface area contributed by atoms with Crippen LogP contribution in [0.1, 0.15) is 365 Å². The van der Waals surface area contributed by atoms with E-state index in [4.69, 9.17) is 56.8 Å². The molecule has 5 aliphatic rings. The van der Waals surface area contributed by atoms with Crippen molar-refractivity contribution < 1.29 is 95.2 Å². The highest BCUT2D eigenvalue weighted by molar-refractivity contribution is 5.83. The van der Waals surface area contributed by atoms with Crippen LogP contribution in [0.2, 0.25) is 0 Å². The summed E-state index contributed by atoms with van der Waals surface area (Å²) in [5, 5.41) is 13.5. The average molecular weight is 1810 g/mol. The van der Waals surface area contributed by atoms with Gasteiger partial charge in [0.25, 0.3) is 0 Å². The molecule has 704 valence electrons. The molecule has 4 N–H and O–H groups in total. The van der Waals surface area contributed by atoms with Crippen molar-refractivity contribution in [2.75, 3.05) is 53.6 Å². The predicted molar refractivity (Wildman–Crippen MR) is 505 cm³/mol. The topological polar surface area (TPSA) is 295 Å². The van der Waals surface area contributed by atoms with Gasteiger partial charge < -0.3 is 78.1 Å². The second kappa shape index (κ2) is 51.1. The van der Waals surface area contributed by atoms with Crippen molar-refractivity contribution >= 4 is 48.8 Å². The van der Waals surface area contributed by atoms with Crippen LogP contribution in [0.3, 0.4) is 0 Å². The third-order valence-electron chi connectivity index (χ3n) is 25.8. The van der Waals surface area contributed by atoms with Crippen molar-refractivity contribution in [2.45, 2.75) is 283 Å². The maximum absolute atomic E-state index is 14.8. The van der Waals surface area contributed by atoms with Crippen LogP contribution in [0, 0.1) is 0 Å². The minimum Gasteiger partial charge on any atom is -0.493 e. The minimum absolute atomic E-state index is 0.00340. The van der Waals surface area contributed by atoms with Gasteiger partial charge >= 0.3 is 0 Å². The van der Waals surface area contributed by atoms with Crippen molar-refractivity contribution in [3.8, 4) is 69.0 Å². The maximum atomic E-state index is 14.8. The summed E-state index contributed by atoms with van der Waals surface area (Å²) >= 11 is 0. The fourth-order valence-electron chi connectivity index (χ4n) is 18.9. The van der Waals surface area contributed by atoms with E-state index in [9.17, 15) is 38.4 Å². The van der Waals surface area contributed by atoms with E-state index in [0.717, 1.165) is 147 Å². The van der Waals surface area contributed by atoms with Crippen molar-refractivity contribution in [1.82, 2.24) is 21.3 Å². The molecule has 132 heavy (non-hydrogen) atoms. The molecule has 0 spiro atoms. The van der Waals surface area contributed by atoms with Gasteiger partial charge in [0.05, 0.1) is 97.1 Å². The number of hydrogen-bond donors (Lipinski definition) is 4. The molecule has 8 aromatic rings. The summed E-state index contributed by atoms with van der Waals surface area (Å²) in [6, 6.07) is 37.8. The van der Waals surface area contributed by atoms with E-state index < -0.39 is 23.7 Å². The predicted octanol–water partition coefficient (Wildman–Crippen LogP) is 22.0. The van der Waals surface area contributed by atoms with Crippen molar-refractivity contribution in [2.24, 2.45) is 0 Å². The monoisotopic (exact) mass is 1800 g/mol. The second-order valence-electron chi connectivity index (χ2n) is 35.0. The molecule has 0 saturated heterocycles. The Morgan fingerprint density at radius 3 is 0.659 bits per heavy atom. The van der Waals surface area contributed by atoms with E-state index >= 15 is 0 Å². The third-order valence-corrected chi connectivity index (χ3v) is 25.8. The SMILES string of the molecule is CCCCCC1c2cc3c4c(CNC(=O)CCCCCOc5ccccc5C=O)c2OCOc2c1cc1c(c2CNC(=O)CCCCCOc2ccccc2C=O)OCOc2c(cc5c(c2CNC(=O)CCCCCOc2ccccc2C=O)OCOc2c(cc(c(c2CNC(=O)CCCCCOc2ccccc2C=O)OCO4)C3CCCCC)C5CCCCC)C1CCCCC. The van der Waals surface area contributed by atoms with Gasteiger partial charge in [-0.3, -0.25) is 38.4 Å². The molecular formula is C108H132N4O20. The summed E-state index contributed by atoms with van der Waals surface area (Å²) in [6.45, 7) is 9.06. The Morgan fingerprint density at radius 1 is 0.273 bits per heavy atom. The molecule has 0 radical (unpaired) electrons. The number of benzene rings is 8. The number of rotatable bonds is 56. The fourth-order valence-corrected chi connectivity index (χ4v) is 18.9. The fraction of sp³-hybridized carbons (Fsp3) is 0.481. The molecule has 0 atom stereocenters. The first-order valence-electron chi connectivity index (χ1n) is 48.5. The zero-order valence-electron chi connectivity index (χ0n) is 77.4. The molecule has 4 heterocycles. The Kier molecular flexibility index (Phi) is 37.7. The molecule has 8 bridgehead atoms. The van der Waals surface area contributed by atoms with Gasteiger partial charge in [-0.25, -0.2) is 0 Å². The highest BCUT2D eigenvalue weighted by Crippen LogP contribution is 2.59. The lowest BCUT2D eigenvalue weighted by Crippen LogP contribution is -2.29. The first-order chi connectivity index (χ1) is 64.9. The van der Waals surface area contributed by atoms with E-state index in [1.54, 1.807) is 72.8 Å². The summed E-state index contributed by atoms with van der Waals surface area (Å²) in [5.74, 6) is 3.53. The molecule has 0 fully saturated rings. The summed E-state index contributed by atoms with van der Waals surface area (Å²) in [6.07, 6.45) is 24.5. The van der Waals surface area contributed by atoms with Crippen LogP contribution < -0.4 is 78.1 Å². The van der Waals surface area contributed by atoms with E-state index in [1.165, 1.54) is 0 Å². The van der Waals surface area contributed by atoms with Crippen molar-refractivity contribution in [1.29, 1.82) is 0 Å². The molecule has 0 unspecified atom stereocenters. The highest BCUT2D eigenvalue weighted by Gasteiger charge is 2.43. The molecule has 0 saturated carbocycles. The smallest absolute Gasteiger partial charge is 0.230 e. The van der Waals surface area contributed by atoms with Gasteiger partial charge in [-0.05, 0) is 176 Å². The number of ether oxygens (including phenoxy) is 12. The summed E-state index contributed by atoms with van der Waals surface area (Å²) in [5.41, 5.74) is 11.3. The van der Waals surface area contributed by atoms with Gasteiger partial charge in [-0.2, -0.15) is 0 Å². The number of aldehydes is 4. The van der Waals surface area contributed by atoms with Gasteiger partial charge in [-0.1, -0.05) is 153 Å². The molecule has 8 aromatic carbocycles. The second-order valence-corrected chi connectivity index (χ2v) is 35.0. The summed E-state index contributed by atoms with van der Waals surface area (Å²) in [7, 11) is 0. The van der Waals surface area contributed by atoms with Gasteiger partial charge in [0.1, 0.15) is 69.0 Å². The molecule has 1 aliphatic carbocycles. The molecule has 0 aromatic heterocycles. The number of hydrogen-bond acceptors (Lipinski definition) is 20. The Labute approximate surface area is 777 Å².